The Labute approximate surface area is 69.5 Å². The summed E-state index contributed by atoms with van der Waals surface area (Å²) in [6.07, 6.45) is 3.08. The molecule has 1 aliphatic rings. The molecule has 0 aromatic heterocycles. The lowest BCUT2D eigenvalue weighted by molar-refractivity contribution is 0.242. The summed E-state index contributed by atoms with van der Waals surface area (Å²) < 4.78 is 5.19. The second-order valence-electron chi connectivity index (χ2n) is 3.26. The van der Waals surface area contributed by atoms with Crippen LogP contribution in [0.4, 0.5) is 0 Å². The van der Waals surface area contributed by atoms with E-state index in [1.165, 1.54) is 25.9 Å². The van der Waals surface area contributed by atoms with Crippen LogP contribution in [0.5, 0.6) is 0 Å². The van der Waals surface area contributed by atoms with E-state index in [2.05, 4.69) is 18.7 Å². The minimum absolute atomic E-state index is 0.563. The number of hydrogen-bond acceptors (Lipinski definition) is 2. The van der Waals surface area contributed by atoms with Gasteiger partial charge in [0, 0.05) is 6.54 Å². The molecule has 0 bridgehead atoms. The van der Waals surface area contributed by atoms with Crippen LogP contribution >= 0.6 is 0 Å². The van der Waals surface area contributed by atoms with Crippen LogP contribution < -0.4 is 0 Å². The summed E-state index contributed by atoms with van der Waals surface area (Å²) in [4.78, 5) is 2.50. The van der Waals surface area contributed by atoms with Gasteiger partial charge in [-0.1, -0.05) is 13.8 Å². The third-order valence-electron chi connectivity index (χ3n) is 1.94. The van der Waals surface area contributed by atoms with E-state index in [1.54, 1.807) is 0 Å². The van der Waals surface area contributed by atoms with Crippen LogP contribution in [0, 0.1) is 0 Å². The van der Waals surface area contributed by atoms with Crippen molar-refractivity contribution in [1.29, 1.82) is 0 Å². The molecule has 0 aromatic rings. The Morgan fingerprint density at radius 2 is 1.82 bits per heavy atom. The third kappa shape index (κ3) is 3.73. The fraction of sp³-hybridized carbons (Fsp3) is 1.00. The predicted molar refractivity (Wildman–Crippen MR) is 46.8 cm³/mol. The zero-order valence-corrected chi connectivity index (χ0v) is 7.68. The van der Waals surface area contributed by atoms with Crippen LogP contribution in [0.15, 0.2) is 0 Å². The standard InChI is InChI=1S/C9H19NO/c1-3-5-10(6-4-2)7-9-8-11-9/h9H,3-8H2,1-2H3. The van der Waals surface area contributed by atoms with Gasteiger partial charge in [0.25, 0.3) is 0 Å². The van der Waals surface area contributed by atoms with Crippen molar-refractivity contribution in [2.24, 2.45) is 0 Å². The van der Waals surface area contributed by atoms with E-state index in [-0.39, 0.29) is 0 Å². The normalized spacial score (nSPS) is 22.6. The Balaban J connectivity index is 2.08. The molecule has 2 heteroatoms. The molecule has 1 saturated heterocycles. The SMILES string of the molecule is CCCN(CCC)CC1CO1. The summed E-state index contributed by atoms with van der Waals surface area (Å²) in [7, 11) is 0. The maximum Gasteiger partial charge on any atom is 0.0936 e. The van der Waals surface area contributed by atoms with Crippen LogP contribution in [0.1, 0.15) is 26.7 Å². The Morgan fingerprint density at radius 1 is 1.27 bits per heavy atom. The molecule has 0 spiro atoms. The van der Waals surface area contributed by atoms with Gasteiger partial charge in [0.15, 0.2) is 0 Å². The molecule has 11 heavy (non-hydrogen) atoms. The number of ether oxygens (including phenoxy) is 1. The monoisotopic (exact) mass is 157 g/mol. The molecule has 0 amide bonds. The molecule has 1 aliphatic heterocycles. The molecule has 1 unspecified atom stereocenters. The van der Waals surface area contributed by atoms with E-state index >= 15 is 0 Å². The van der Waals surface area contributed by atoms with Gasteiger partial charge in [-0.3, -0.25) is 0 Å². The van der Waals surface area contributed by atoms with E-state index < -0.39 is 0 Å². The number of hydrogen-bond donors (Lipinski definition) is 0. The summed E-state index contributed by atoms with van der Waals surface area (Å²) >= 11 is 0. The second kappa shape index (κ2) is 4.73. The average molecular weight is 157 g/mol. The fourth-order valence-electron chi connectivity index (χ4n) is 1.39. The lowest BCUT2D eigenvalue weighted by Crippen LogP contribution is -2.29. The third-order valence-corrected chi connectivity index (χ3v) is 1.94. The Bertz CT molecular complexity index is 95.7. The lowest BCUT2D eigenvalue weighted by Gasteiger charge is -2.19. The van der Waals surface area contributed by atoms with Gasteiger partial charge < -0.3 is 9.64 Å². The van der Waals surface area contributed by atoms with Gasteiger partial charge >= 0.3 is 0 Å². The van der Waals surface area contributed by atoms with Crippen molar-refractivity contribution < 1.29 is 4.74 Å². The number of rotatable bonds is 6. The molecule has 1 fully saturated rings. The first-order valence-electron chi connectivity index (χ1n) is 4.70. The van der Waals surface area contributed by atoms with Crippen LogP contribution in [0.2, 0.25) is 0 Å². The van der Waals surface area contributed by atoms with Crippen LogP contribution in [0.25, 0.3) is 0 Å². The van der Waals surface area contributed by atoms with Gasteiger partial charge in [-0.2, -0.15) is 0 Å². The van der Waals surface area contributed by atoms with Crippen molar-refractivity contribution >= 4 is 0 Å². The summed E-state index contributed by atoms with van der Waals surface area (Å²) in [5.74, 6) is 0. The molecule has 1 atom stereocenters. The zero-order valence-electron chi connectivity index (χ0n) is 7.68. The Kier molecular flexibility index (Phi) is 3.87. The molecule has 1 rings (SSSR count). The van der Waals surface area contributed by atoms with Crippen LogP contribution in [0.3, 0.4) is 0 Å². The molecule has 66 valence electrons. The highest BCUT2D eigenvalue weighted by Gasteiger charge is 2.24. The topological polar surface area (TPSA) is 15.8 Å². The summed E-state index contributed by atoms with van der Waals surface area (Å²) in [5, 5.41) is 0. The number of epoxide rings is 1. The summed E-state index contributed by atoms with van der Waals surface area (Å²) in [6.45, 7) is 9.07. The average Bonchev–Trinajstić information content (AvgIpc) is 2.73. The van der Waals surface area contributed by atoms with E-state index in [4.69, 9.17) is 4.74 Å². The molecule has 0 N–H and O–H groups in total. The first kappa shape index (κ1) is 9.01. The van der Waals surface area contributed by atoms with Crippen LogP contribution in [-0.4, -0.2) is 37.2 Å². The van der Waals surface area contributed by atoms with E-state index in [0.717, 1.165) is 13.2 Å². The molecular formula is C9H19NO. The zero-order chi connectivity index (χ0) is 8.10. The van der Waals surface area contributed by atoms with Gasteiger partial charge in [-0.05, 0) is 25.9 Å². The smallest absolute Gasteiger partial charge is 0.0936 e. The van der Waals surface area contributed by atoms with Crippen LogP contribution in [-0.2, 0) is 4.74 Å². The molecule has 0 aromatic carbocycles. The van der Waals surface area contributed by atoms with E-state index in [0.29, 0.717) is 6.10 Å². The van der Waals surface area contributed by atoms with Gasteiger partial charge in [0.1, 0.15) is 0 Å². The maximum absolute atomic E-state index is 5.19. The molecule has 0 aliphatic carbocycles. The van der Waals surface area contributed by atoms with Gasteiger partial charge in [0.2, 0.25) is 0 Å². The van der Waals surface area contributed by atoms with Crippen molar-refractivity contribution in [3.05, 3.63) is 0 Å². The highest BCUT2D eigenvalue weighted by Crippen LogP contribution is 2.11. The minimum Gasteiger partial charge on any atom is -0.372 e. The summed E-state index contributed by atoms with van der Waals surface area (Å²) in [5.41, 5.74) is 0. The largest absolute Gasteiger partial charge is 0.372 e. The van der Waals surface area contributed by atoms with Gasteiger partial charge in [-0.15, -0.1) is 0 Å². The summed E-state index contributed by atoms with van der Waals surface area (Å²) in [6, 6.07) is 0. The highest BCUT2D eigenvalue weighted by molar-refractivity contribution is 4.73. The lowest BCUT2D eigenvalue weighted by atomic mass is 10.3. The molecule has 2 nitrogen and oxygen atoms in total. The van der Waals surface area contributed by atoms with Crippen molar-refractivity contribution in [2.75, 3.05) is 26.2 Å². The molecule has 0 saturated carbocycles. The molecule has 1 heterocycles. The molecule has 0 radical (unpaired) electrons. The van der Waals surface area contributed by atoms with Crippen molar-refractivity contribution in [2.45, 2.75) is 32.8 Å². The quantitative estimate of drug-likeness (QED) is 0.543. The Hall–Kier alpha value is -0.0800. The van der Waals surface area contributed by atoms with E-state index in [9.17, 15) is 0 Å². The minimum atomic E-state index is 0.563. The maximum atomic E-state index is 5.19. The number of nitrogens with zero attached hydrogens (tertiary/aromatic N) is 1. The van der Waals surface area contributed by atoms with E-state index in [1.807, 2.05) is 0 Å². The van der Waals surface area contributed by atoms with Crippen molar-refractivity contribution in [1.82, 2.24) is 4.90 Å². The van der Waals surface area contributed by atoms with Crippen molar-refractivity contribution in [3.63, 3.8) is 0 Å². The molecular weight excluding hydrogens is 138 g/mol. The first-order valence-corrected chi connectivity index (χ1v) is 4.70. The Morgan fingerprint density at radius 3 is 2.18 bits per heavy atom. The first-order chi connectivity index (χ1) is 5.36. The van der Waals surface area contributed by atoms with Gasteiger partial charge in [0.05, 0.1) is 12.7 Å². The fourth-order valence-corrected chi connectivity index (χ4v) is 1.39. The predicted octanol–water partition coefficient (Wildman–Crippen LogP) is 1.51. The highest BCUT2D eigenvalue weighted by atomic mass is 16.6. The van der Waals surface area contributed by atoms with Gasteiger partial charge in [-0.25, -0.2) is 0 Å². The second-order valence-corrected chi connectivity index (χ2v) is 3.26. The van der Waals surface area contributed by atoms with Crippen molar-refractivity contribution in [3.8, 4) is 0 Å².